The van der Waals surface area contributed by atoms with Crippen molar-refractivity contribution in [3.05, 3.63) is 29.3 Å². The highest BCUT2D eigenvalue weighted by molar-refractivity contribution is 5.96. The molecule has 1 saturated carbocycles. The molecular formula is C19H26N2O3. The van der Waals surface area contributed by atoms with Crippen molar-refractivity contribution in [2.75, 3.05) is 18.4 Å². The third-order valence-corrected chi connectivity index (χ3v) is 5.57. The number of aliphatic hydroxyl groups is 1. The van der Waals surface area contributed by atoms with Crippen molar-refractivity contribution in [2.24, 2.45) is 5.92 Å². The lowest BCUT2D eigenvalue weighted by atomic mass is 9.71. The minimum absolute atomic E-state index is 0.0259. The second kappa shape index (κ2) is 6.55. The van der Waals surface area contributed by atoms with Crippen LogP contribution in [-0.4, -0.2) is 40.5 Å². The number of nitrogens with zero attached hydrogens (tertiary/aromatic N) is 1. The van der Waals surface area contributed by atoms with Gasteiger partial charge in [-0.25, -0.2) is 4.79 Å². The Hall–Kier alpha value is -1.88. The maximum atomic E-state index is 12.5. The van der Waals surface area contributed by atoms with Crippen LogP contribution in [0.3, 0.4) is 0 Å². The summed E-state index contributed by atoms with van der Waals surface area (Å²) in [6, 6.07) is 5.22. The zero-order valence-corrected chi connectivity index (χ0v) is 14.5. The topological polar surface area (TPSA) is 69.6 Å². The molecule has 0 spiro atoms. The fraction of sp³-hybridized carbons (Fsp3) is 0.579. The molecule has 3 rings (SSSR count). The molecule has 2 amide bonds. The molecule has 2 N–H and O–H groups in total. The van der Waals surface area contributed by atoms with Gasteiger partial charge in [-0.2, -0.15) is 0 Å². The third-order valence-electron chi connectivity index (χ3n) is 5.57. The molecule has 1 aliphatic heterocycles. The number of likely N-dealkylation sites (tertiary alicyclic amines) is 1. The van der Waals surface area contributed by atoms with Crippen molar-refractivity contribution in [2.45, 2.75) is 51.6 Å². The quantitative estimate of drug-likeness (QED) is 0.817. The first kappa shape index (κ1) is 17.0. The highest BCUT2D eigenvalue weighted by Gasteiger charge is 2.43. The van der Waals surface area contributed by atoms with E-state index >= 15 is 0 Å². The van der Waals surface area contributed by atoms with Crippen molar-refractivity contribution in [1.82, 2.24) is 4.90 Å². The normalized spacial score (nSPS) is 26.6. The lowest BCUT2D eigenvalue weighted by Crippen LogP contribution is -2.55. The maximum Gasteiger partial charge on any atom is 0.321 e. The number of rotatable bonds is 2. The zero-order valence-electron chi connectivity index (χ0n) is 14.5. The molecule has 0 aromatic heterocycles. The van der Waals surface area contributed by atoms with E-state index in [-0.39, 0.29) is 17.7 Å². The number of piperidine rings is 1. The fourth-order valence-corrected chi connectivity index (χ4v) is 4.09. The van der Waals surface area contributed by atoms with Crippen LogP contribution in [0.15, 0.2) is 18.2 Å². The van der Waals surface area contributed by atoms with Gasteiger partial charge in [-0.3, -0.25) is 4.79 Å². The van der Waals surface area contributed by atoms with Crippen LogP contribution in [0.25, 0.3) is 0 Å². The number of Topliss-reactive ketones (excluding diaryl/α,β-unsaturated/α-hetero) is 1. The molecule has 1 aromatic rings. The van der Waals surface area contributed by atoms with E-state index in [0.717, 1.165) is 31.2 Å². The van der Waals surface area contributed by atoms with Crippen molar-refractivity contribution in [3.63, 3.8) is 0 Å². The van der Waals surface area contributed by atoms with Gasteiger partial charge < -0.3 is 15.3 Å². The maximum absolute atomic E-state index is 12.5. The molecule has 5 nitrogen and oxygen atoms in total. The summed E-state index contributed by atoms with van der Waals surface area (Å²) in [6.07, 6.45) is 4.73. The van der Waals surface area contributed by atoms with E-state index in [2.05, 4.69) is 5.32 Å². The SMILES string of the molecule is CC(=O)c1ccc(NC(=O)N2CCC3(O)CCCCC3C2)cc1C. The summed E-state index contributed by atoms with van der Waals surface area (Å²) in [5.74, 6) is 0.213. The molecule has 130 valence electrons. The van der Waals surface area contributed by atoms with Crippen LogP contribution in [-0.2, 0) is 0 Å². The van der Waals surface area contributed by atoms with E-state index in [0.29, 0.717) is 30.8 Å². The zero-order chi connectivity index (χ0) is 17.3. The minimum Gasteiger partial charge on any atom is -0.389 e. The average molecular weight is 330 g/mol. The standard InChI is InChI=1S/C19H26N2O3/c1-13-11-16(6-7-17(13)14(2)22)20-18(23)21-10-9-19(24)8-4-3-5-15(19)12-21/h6-7,11,15,24H,3-5,8-10,12H2,1-2H3,(H,20,23). The van der Waals surface area contributed by atoms with Gasteiger partial charge in [-0.1, -0.05) is 12.8 Å². The van der Waals surface area contributed by atoms with Crippen molar-refractivity contribution < 1.29 is 14.7 Å². The van der Waals surface area contributed by atoms with Crippen LogP contribution in [0.4, 0.5) is 10.5 Å². The number of fused-ring (bicyclic) bond motifs is 1. The van der Waals surface area contributed by atoms with E-state index in [1.54, 1.807) is 24.0 Å². The molecule has 1 heterocycles. The van der Waals surface area contributed by atoms with E-state index in [4.69, 9.17) is 0 Å². The second-order valence-corrected chi connectivity index (χ2v) is 7.26. The third kappa shape index (κ3) is 3.31. The molecule has 5 heteroatoms. The number of benzene rings is 1. The molecule has 24 heavy (non-hydrogen) atoms. The average Bonchev–Trinajstić information content (AvgIpc) is 2.53. The lowest BCUT2D eigenvalue weighted by Gasteiger charge is -2.47. The van der Waals surface area contributed by atoms with Crippen LogP contribution < -0.4 is 5.32 Å². The molecule has 2 unspecified atom stereocenters. The predicted octanol–water partition coefficient (Wildman–Crippen LogP) is 3.36. The van der Waals surface area contributed by atoms with Gasteiger partial charge in [0.05, 0.1) is 5.60 Å². The van der Waals surface area contributed by atoms with Gasteiger partial charge >= 0.3 is 6.03 Å². The Morgan fingerprint density at radius 3 is 2.79 bits per heavy atom. The molecule has 2 atom stereocenters. The Labute approximate surface area is 143 Å². The monoisotopic (exact) mass is 330 g/mol. The van der Waals surface area contributed by atoms with Crippen molar-refractivity contribution >= 4 is 17.5 Å². The van der Waals surface area contributed by atoms with Crippen LogP contribution >= 0.6 is 0 Å². The summed E-state index contributed by atoms with van der Waals surface area (Å²) >= 11 is 0. The van der Waals surface area contributed by atoms with Crippen LogP contribution in [0.1, 0.15) is 54.9 Å². The van der Waals surface area contributed by atoms with Gasteiger partial charge in [0, 0.05) is 30.3 Å². The fourth-order valence-electron chi connectivity index (χ4n) is 4.09. The van der Waals surface area contributed by atoms with Gasteiger partial charge in [0.25, 0.3) is 0 Å². The minimum atomic E-state index is -0.575. The van der Waals surface area contributed by atoms with Gasteiger partial charge in [0.2, 0.25) is 0 Å². The summed E-state index contributed by atoms with van der Waals surface area (Å²) in [5.41, 5.74) is 1.67. The number of hydrogen-bond donors (Lipinski definition) is 2. The van der Waals surface area contributed by atoms with E-state index in [1.165, 1.54) is 0 Å². The Morgan fingerprint density at radius 2 is 2.08 bits per heavy atom. The molecule has 1 aliphatic carbocycles. The molecule has 2 fully saturated rings. The number of urea groups is 1. The summed E-state index contributed by atoms with van der Waals surface area (Å²) < 4.78 is 0. The van der Waals surface area contributed by atoms with Gasteiger partial charge in [0.1, 0.15) is 0 Å². The van der Waals surface area contributed by atoms with Gasteiger partial charge in [-0.15, -0.1) is 0 Å². The Balaban J connectivity index is 1.65. The molecule has 2 aliphatic rings. The first-order valence-electron chi connectivity index (χ1n) is 8.79. The number of amides is 2. The molecule has 1 saturated heterocycles. The van der Waals surface area contributed by atoms with Crippen LogP contribution in [0.2, 0.25) is 0 Å². The number of nitrogens with one attached hydrogen (secondary N) is 1. The number of carbonyl (C=O) groups is 2. The Bertz CT molecular complexity index is 658. The van der Waals surface area contributed by atoms with Crippen LogP contribution in [0.5, 0.6) is 0 Å². The Morgan fingerprint density at radius 1 is 1.29 bits per heavy atom. The first-order valence-corrected chi connectivity index (χ1v) is 8.79. The number of anilines is 1. The largest absolute Gasteiger partial charge is 0.389 e. The number of carbonyl (C=O) groups excluding carboxylic acids is 2. The Kier molecular flexibility index (Phi) is 4.63. The highest BCUT2D eigenvalue weighted by Crippen LogP contribution is 2.39. The molecular weight excluding hydrogens is 304 g/mol. The number of hydrogen-bond acceptors (Lipinski definition) is 3. The summed E-state index contributed by atoms with van der Waals surface area (Å²) in [4.78, 5) is 25.8. The van der Waals surface area contributed by atoms with E-state index < -0.39 is 5.60 Å². The summed E-state index contributed by atoms with van der Waals surface area (Å²) in [7, 11) is 0. The lowest BCUT2D eigenvalue weighted by molar-refractivity contribution is -0.0863. The molecule has 0 radical (unpaired) electrons. The highest BCUT2D eigenvalue weighted by atomic mass is 16.3. The van der Waals surface area contributed by atoms with Crippen LogP contribution in [0, 0.1) is 12.8 Å². The van der Waals surface area contributed by atoms with E-state index in [1.807, 2.05) is 13.0 Å². The number of ketones is 1. The number of aryl methyl sites for hydroxylation is 1. The second-order valence-electron chi connectivity index (χ2n) is 7.26. The smallest absolute Gasteiger partial charge is 0.321 e. The molecule has 1 aromatic carbocycles. The van der Waals surface area contributed by atoms with E-state index in [9.17, 15) is 14.7 Å². The van der Waals surface area contributed by atoms with Crippen molar-refractivity contribution in [1.29, 1.82) is 0 Å². The molecule has 0 bridgehead atoms. The first-order chi connectivity index (χ1) is 11.4. The van der Waals surface area contributed by atoms with Crippen molar-refractivity contribution in [3.8, 4) is 0 Å². The summed E-state index contributed by atoms with van der Waals surface area (Å²) in [5, 5.41) is 13.6. The summed E-state index contributed by atoms with van der Waals surface area (Å²) in [6.45, 7) is 4.62. The van der Waals surface area contributed by atoms with Gasteiger partial charge in [-0.05, 0) is 56.9 Å². The predicted molar refractivity (Wildman–Crippen MR) is 93.3 cm³/mol. The van der Waals surface area contributed by atoms with Gasteiger partial charge in [0.15, 0.2) is 5.78 Å².